The van der Waals surface area contributed by atoms with Crippen LogP contribution in [-0.2, 0) is 4.79 Å². The lowest BCUT2D eigenvalue weighted by Gasteiger charge is -2.11. The van der Waals surface area contributed by atoms with Crippen LogP contribution in [-0.4, -0.2) is 25.5 Å². The van der Waals surface area contributed by atoms with E-state index in [0.29, 0.717) is 17.1 Å². The smallest absolute Gasteiger partial charge is 0.280 e. The van der Waals surface area contributed by atoms with Crippen molar-refractivity contribution in [2.24, 2.45) is 0 Å². The Hall–Kier alpha value is -1.38. The summed E-state index contributed by atoms with van der Waals surface area (Å²) >= 11 is 1.49. The molecule has 5 heteroatoms. The highest BCUT2D eigenvalue weighted by atomic mass is 32.1. The van der Waals surface area contributed by atoms with E-state index in [1.54, 1.807) is 0 Å². The minimum Gasteiger partial charge on any atom is -0.327 e. The minimum atomic E-state index is 0.0182. The molecule has 2 rings (SSSR count). The van der Waals surface area contributed by atoms with Crippen molar-refractivity contribution in [2.45, 2.75) is 26.7 Å². The lowest BCUT2D eigenvalue weighted by Crippen LogP contribution is -3.11. The van der Waals surface area contributed by atoms with E-state index in [4.69, 9.17) is 5.26 Å². The third-order valence-electron chi connectivity index (χ3n) is 3.47. The first-order valence-electron chi connectivity index (χ1n) is 6.25. The van der Waals surface area contributed by atoms with Crippen LogP contribution in [0.5, 0.6) is 0 Å². The Bertz CT molecular complexity index is 495. The quantitative estimate of drug-likeness (QED) is 0.850. The zero-order chi connectivity index (χ0) is 13.1. The number of carbonyl (C=O) groups excluding carboxylic acids is 1. The van der Waals surface area contributed by atoms with Crippen molar-refractivity contribution < 1.29 is 9.69 Å². The molecule has 1 saturated heterocycles. The summed E-state index contributed by atoms with van der Waals surface area (Å²) in [4.78, 5) is 14.4. The Morgan fingerprint density at radius 3 is 2.72 bits per heavy atom. The molecular formula is C13H18N3OS+. The average Bonchev–Trinajstić information content (AvgIpc) is 2.89. The van der Waals surface area contributed by atoms with Crippen molar-refractivity contribution in [2.75, 3.05) is 25.0 Å². The van der Waals surface area contributed by atoms with E-state index in [1.807, 2.05) is 13.8 Å². The molecule has 0 radical (unpaired) electrons. The second-order valence-electron chi connectivity index (χ2n) is 4.78. The largest absolute Gasteiger partial charge is 0.327 e. The molecule has 2 N–H and O–H groups in total. The van der Waals surface area contributed by atoms with Gasteiger partial charge in [-0.25, -0.2) is 0 Å². The van der Waals surface area contributed by atoms with E-state index in [1.165, 1.54) is 29.1 Å². The van der Waals surface area contributed by atoms with Crippen molar-refractivity contribution >= 4 is 22.2 Å². The van der Waals surface area contributed by atoms with Crippen molar-refractivity contribution in [1.29, 1.82) is 5.26 Å². The van der Waals surface area contributed by atoms with Gasteiger partial charge in [-0.15, -0.1) is 11.3 Å². The van der Waals surface area contributed by atoms with Crippen molar-refractivity contribution in [3.8, 4) is 6.07 Å². The summed E-state index contributed by atoms with van der Waals surface area (Å²) in [6.07, 6.45) is 2.42. The number of thiophene rings is 1. The number of amides is 1. The van der Waals surface area contributed by atoms with Crippen molar-refractivity contribution in [1.82, 2.24) is 0 Å². The average molecular weight is 264 g/mol. The summed E-state index contributed by atoms with van der Waals surface area (Å²) in [5, 5.41) is 12.7. The highest BCUT2D eigenvalue weighted by Crippen LogP contribution is 2.31. The number of hydrogen-bond acceptors (Lipinski definition) is 3. The Labute approximate surface area is 111 Å². The highest BCUT2D eigenvalue weighted by molar-refractivity contribution is 7.16. The van der Waals surface area contributed by atoms with Crippen LogP contribution in [0.3, 0.4) is 0 Å². The number of quaternary nitrogens is 1. The molecular weight excluding hydrogens is 246 g/mol. The SMILES string of the molecule is Cc1sc(NC(=O)C[NH+]2CCCC2)c(C#N)c1C. The third kappa shape index (κ3) is 2.71. The lowest BCUT2D eigenvalue weighted by molar-refractivity contribution is -0.878. The summed E-state index contributed by atoms with van der Waals surface area (Å²) in [6.45, 7) is 6.58. The molecule has 0 saturated carbocycles. The first kappa shape index (κ1) is 13.1. The maximum atomic E-state index is 11.9. The standard InChI is InChI=1S/C13H17N3OS/c1-9-10(2)18-13(11(9)7-14)15-12(17)8-16-5-3-4-6-16/h3-6,8H2,1-2H3,(H,15,17)/p+1. The minimum absolute atomic E-state index is 0.0182. The van der Waals surface area contributed by atoms with Gasteiger partial charge in [-0.05, 0) is 19.4 Å². The van der Waals surface area contributed by atoms with E-state index in [0.717, 1.165) is 23.5 Å². The van der Waals surface area contributed by atoms with Crippen LogP contribution in [0.25, 0.3) is 0 Å². The molecule has 2 heterocycles. The van der Waals surface area contributed by atoms with Crippen LogP contribution in [0, 0.1) is 25.2 Å². The van der Waals surface area contributed by atoms with Crippen LogP contribution in [0.2, 0.25) is 0 Å². The van der Waals surface area contributed by atoms with Gasteiger partial charge in [0.25, 0.3) is 5.91 Å². The molecule has 1 fully saturated rings. The zero-order valence-electron chi connectivity index (χ0n) is 10.8. The van der Waals surface area contributed by atoms with E-state index in [-0.39, 0.29) is 5.91 Å². The third-order valence-corrected chi connectivity index (χ3v) is 4.59. The Morgan fingerprint density at radius 2 is 2.11 bits per heavy atom. The molecule has 1 aliphatic rings. The maximum Gasteiger partial charge on any atom is 0.280 e. The molecule has 18 heavy (non-hydrogen) atoms. The molecule has 0 unspecified atom stereocenters. The van der Waals surface area contributed by atoms with Crippen molar-refractivity contribution in [3.05, 3.63) is 16.0 Å². The summed E-state index contributed by atoms with van der Waals surface area (Å²) in [5.74, 6) is 0.0182. The zero-order valence-corrected chi connectivity index (χ0v) is 11.6. The van der Waals surface area contributed by atoms with Crippen LogP contribution in [0.15, 0.2) is 0 Å². The monoisotopic (exact) mass is 264 g/mol. The Kier molecular flexibility index (Phi) is 4.00. The van der Waals surface area contributed by atoms with Gasteiger partial charge in [-0.3, -0.25) is 4.79 Å². The molecule has 1 aliphatic heterocycles. The lowest BCUT2D eigenvalue weighted by atomic mass is 10.2. The van der Waals surface area contributed by atoms with E-state index >= 15 is 0 Å². The van der Waals surface area contributed by atoms with Crippen LogP contribution >= 0.6 is 11.3 Å². The number of nitriles is 1. The number of hydrogen-bond donors (Lipinski definition) is 2. The van der Waals surface area contributed by atoms with Crippen LogP contribution < -0.4 is 10.2 Å². The van der Waals surface area contributed by atoms with E-state index in [2.05, 4.69) is 11.4 Å². The summed E-state index contributed by atoms with van der Waals surface area (Å²) in [6, 6.07) is 2.17. The molecule has 0 atom stereocenters. The first-order valence-corrected chi connectivity index (χ1v) is 7.07. The van der Waals surface area contributed by atoms with Crippen molar-refractivity contribution in [3.63, 3.8) is 0 Å². The Morgan fingerprint density at radius 1 is 1.44 bits per heavy atom. The Balaban J connectivity index is 2.02. The fourth-order valence-corrected chi connectivity index (χ4v) is 3.33. The van der Waals surface area contributed by atoms with Crippen LogP contribution in [0.1, 0.15) is 28.8 Å². The van der Waals surface area contributed by atoms with Gasteiger partial charge in [0, 0.05) is 17.7 Å². The molecule has 0 aromatic carbocycles. The molecule has 1 aromatic rings. The fourth-order valence-electron chi connectivity index (χ4n) is 2.30. The van der Waals surface area contributed by atoms with E-state index < -0.39 is 0 Å². The van der Waals surface area contributed by atoms with Gasteiger partial charge in [0.1, 0.15) is 11.1 Å². The number of carbonyl (C=O) groups is 1. The second kappa shape index (κ2) is 5.51. The van der Waals surface area contributed by atoms with Crippen LogP contribution in [0.4, 0.5) is 5.00 Å². The van der Waals surface area contributed by atoms with Gasteiger partial charge in [0.15, 0.2) is 6.54 Å². The van der Waals surface area contributed by atoms with Gasteiger partial charge in [0.2, 0.25) is 0 Å². The fraction of sp³-hybridized carbons (Fsp3) is 0.538. The number of anilines is 1. The predicted molar refractivity (Wildman–Crippen MR) is 71.9 cm³/mol. The number of nitrogens with one attached hydrogen (secondary N) is 2. The molecule has 0 bridgehead atoms. The highest BCUT2D eigenvalue weighted by Gasteiger charge is 2.20. The summed E-state index contributed by atoms with van der Waals surface area (Å²) < 4.78 is 0. The predicted octanol–water partition coefficient (Wildman–Crippen LogP) is 0.854. The number of nitrogens with zero attached hydrogens (tertiary/aromatic N) is 1. The van der Waals surface area contributed by atoms with E-state index in [9.17, 15) is 4.79 Å². The molecule has 0 aliphatic carbocycles. The summed E-state index contributed by atoms with van der Waals surface area (Å²) in [7, 11) is 0. The van der Waals surface area contributed by atoms with Gasteiger partial charge in [-0.2, -0.15) is 5.26 Å². The van der Waals surface area contributed by atoms with Gasteiger partial charge in [-0.1, -0.05) is 0 Å². The number of rotatable bonds is 3. The summed E-state index contributed by atoms with van der Waals surface area (Å²) in [5.41, 5.74) is 1.59. The molecule has 0 spiro atoms. The topological polar surface area (TPSA) is 57.3 Å². The van der Waals surface area contributed by atoms with Gasteiger partial charge in [0.05, 0.1) is 18.7 Å². The number of likely N-dealkylation sites (tertiary alicyclic amines) is 1. The number of aryl methyl sites for hydroxylation is 1. The molecule has 1 aromatic heterocycles. The van der Waals surface area contributed by atoms with Gasteiger partial charge >= 0.3 is 0 Å². The first-order chi connectivity index (χ1) is 8.61. The van der Waals surface area contributed by atoms with Gasteiger partial charge < -0.3 is 10.2 Å². The molecule has 4 nitrogen and oxygen atoms in total. The normalized spacial score (nSPS) is 15.6. The maximum absolute atomic E-state index is 11.9. The second-order valence-corrected chi connectivity index (χ2v) is 6.01. The molecule has 1 amide bonds. The molecule has 96 valence electrons.